The number of guanidine groups is 1. The minimum absolute atomic E-state index is 0.178. The van der Waals surface area contributed by atoms with E-state index < -0.39 is 22.2 Å². The highest BCUT2D eigenvalue weighted by Gasteiger charge is 2.44. The third kappa shape index (κ3) is 4.24. The van der Waals surface area contributed by atoms with Gasteiger partial charge in [-0.1, -0.05) is 17.7 Å². The zero-order valence-electron chi connectivity index (χ0n) is 16.9. The molecule has 2 aromatic heterocycles. The van der Waals surface area contributed by atoms with Crippen molar-refractivity contribution >= 4 is 44.5 Å². The summed E-state index contributed by atoms with van der Waals surface area (Å²) < 4.78 is 60.5. The normalized spacial score (nSPS) is 23.1. The van der Waals surface area contributed by atoms with Crippen molar-refractivity contribution < 1.29 is 26.4 Å². The van der Waals surface area contributed by atoms with Gasteiger partial charge in [0.2, 0.25) is 21.9 Å². The average Bonchev–Trinajstić information content (AvgIpc) is 3.33. The van der Waals surface area contributed by atoms with Gasteiger partial charge in [0.25, 0.3) is 5.89 Å². The lowest BCUT2D eigenvalue weighted by molar-refractivity contribution is -0.0983. The Morgan fingerprint density at radius 1 is 1.34 bits per heavy atom. The van der Waals surface area contributed by atoms with Gasteiger partial charge in [0, 0.05) is 19.0 Å². The molecule has 0 spiro atoms. The minimum atomic E-state index is -3.69. The Morgan fingerprint density at radius 2 is 2.06 bits per heavy atom. The SMILES string of the molecule is CN1C(=N)N[C@](C)(c2sc(-c3nnc(C4=CC=C(OC(F)F)CC4)o3)cc2Cl)CS1(=O)=O. The van der Waals surface area contributed by atoms with Gasteiger partial charge in [0.15, 0.2) is 0 Å². The maximum atomic E-state index is 12.4. The number of thiophene rings is 1. The molecule has 0 bridgehead atoms. The standard InChI is InChI=1S/C18H18ClF2N5O4S2/c1-18(8-32(27,28)26(2)17(22)23-18)13-11(19)7-12(31-13)15-25-24-14(30-15)9-3-5-10(6-4-9)29-16(20)21/h3,5,7,16H,4,6,8H2,1-2H3,(H2,22,23)/t18-/m0/s1. The van der Waals surface area contributed by atoms with Crippen LogP contribution in [-0.4, -0.2) is 48.3 Å². The van der Waals surface area contributed by atoms with Gasteiger partial charge in [-0.2, -0.15) is 8.78 Å². The number of ether oxygens (including phenoxy) is 1. The van der Waals surface area contributed by atoms with Crippen molar-refractivity contribution in [2.75, 3.05) is 12.8 Å². The second-order valence-corrected chi connectivity index (χ2v) is 10.9. The molecule has 0 saturated carbocycles. The third-order valence-electron chi connectivity index (χ3n) is 5.05. The van der Waals surface area contributed by atoms with Crippen LogP contribution in [0, 0.1) is 5.41 Å². The van der Waals surface area contributed by atoms with E-state index in [1.807, 2.05) is 0 Å². The number of sulfonamides is 1. The summed E-state index contributed by atoms with van der Waals surface area (Å²) in [5, 5.41) is 19.2. The Bertz CT molecular complexity index is 1240. The molecule has 0 aromatic carbocycles. The highest BCUT2D eigenvalue weighted by atomic mass is 35.5. The number of rotatable bonds is 5. The van der Waals surface area contributed by atoms with Gasteiger partial charge in [-0.25, -0.2) is 12.7 Å². The number of hydrogen-bond acceptors (Lipinski definition) is 8. The van der Waals surface area contributed by atoms with E-state index in [-0.39, 0.29) is 35.7 Å². The quantitative estimate of drug-likeness (QED) is 0.634. The van der Waals surface area contributed by atoms with E-state index in [2.05, 4.69) is 20.3 Å². The lowest BCUT2D eigenvalue weighted by atomic mass is 10.0. The average molecular weight is 506 g/mol. The van der Waals surface area contributed by atoms with Crippen molar-refractivity contribution in [3.8, 4) is 10.8 Å². The Balaban J connectivity index is 1.60. The largest absolute Gasteiger partial charge is 0.439 e. The van der Waals surface area contributed by atoms with Gasteiger partial charge in [-0.15, -0.1) is 21.5 Å². The molecule has 1 fully saturated rings. The summed E-state index contributed by atoms with van der Waals surface area (Å²) in [5.74, 6) is 0.0731. The summed E-state index contributed by atoms with van der Waals surface area (Å²) in [5.41, 5.74) is -0.431. The lowest BCUT2D eigenvalue weighted by Gasteiger charge is -2.39. The monoisotopic (exact) mass is 505 g/mol. The number of nitrogens with zero attached hydrogens (tertiary/aromatic N) is 3. The lowest BCUT2D eigenvalue weighted by Crippen LogP contribution is -2.60. The molecule has 4 rings (SSSR count). The first kappa shape index (κ1) is 22.7. The fourth-order valence-electron chi connectivity index (χ4n) is 3.41. The summed E-state index contributed by atoms with van der Waals surface area (Å²) in [6.45, 7) is -1.21. The molecule has 172 valence electrons. The van der Waals surface area contributed by atoms with Crippen molar-refractivity contribution in [3.05, 3.63) is 39.8 Å². The van der Waals surface area contributed by atoms with Crippen molar-refractivity contribution in [1.82, 2.24) is 19.8 Å². The molecule has 2 aromatic rings. The highest BCUT2D eigenvalue weighted by Crippen LogP contribution is 2.42. The fourth-order valence-corrected chi connectivity index (χ4v) is 6.54. The van der Waals surface area contributed by atoms with E-state index in [0.717, 1.165) is 4.31 Å². The number of hydrogen-bond donors (Lipinski definition) is 2. The van der Waals surface area contributed by atoms with Crippen molar-refractivity contribution in [2.24, 2.45) is 0 Å². The number of aromatic nitrogens is 2. The van der Waals surface area contributed by atoms with Gasteiger partial charge in [0.1, 0.15) is 5.76 Å². The molecule has 14 heteroatoms. The first-order chi connectivity index (χ1) is 15.0. The molecule has 0 amide bonds. The van der Waals surface area contributed by atoms with Gasteiger partial charge in [-0.3, -0.25) is 5.41 Å². The van der Waals surface area contributed by atoms with E-state index in [9.17, 15) is 17.2 Å². The number of halogens is 3. The second-order valence-electron chi connectivity index (χ2n) is 7.43. The molecule has 32 heavy (non-hydrogen) atoms. The van der Waals surface area contributed by atoms with E-state index in [0.29, 0.717) is 26.8 Å². The summed E-state index contributed by atoms with van der Waals surface area (Å²) in [4.78, 5) is 1.05. The van der Waals surface area contributed by atoms with Crippen LogP contribution in [0.15, 0.2) is 28.4 Å². The summed E-state index contributed by atoms with van der Waals surface area (Å²) in [6, 6.07) is 1.60. The minimum Gasteiger partial charge on any atom is -0.439 e. The zero-order chi connectivity index (χ0) is 23.3. The predicted molar refractivity (Wildman–Crippen MR) is 115 cm³/mol. The predicted octanol–water partition coefficient (Wildman–Crippen LogP) is 3.77. The van der Waals surface area contributed by atoms with E-state index in [1.165, 1.54) is 24.5 Å². The van der Waals surface area contributed by atoms with Crippen LogP contribution in [0.5, 0.6) is 0 Å². The molecule has 0 radical (unpaired) electrons. The number of nitrogens with one attached hydrogen (secondary N) is 2. The molecular weight excluding hydrogens is 488 g/mol. The van der Waals surface area contributed by atoms with Crippen LogP contribution in [0.3, 0.4) is 0 Å². The van der Waals surface area contributed by atoms with Crippen LogP contribution >= 0.6 is 22.9 Å². The van der Waals surface area contributed by atoms with Crippen molar-refractivity contribution in [1.29, 1.82) is 5.41 Å². The Labute approximate surface area is 191 Å². The van der Waals surface area contributed by atoms with Gasteiger partial charge < -0.3 is 14.5 Å². The highest BCUT2D eigenvalue weighted by molar-refractivity contribution is 7.89. The van der Waals surface area contributed by atoms with Gasteiger partial charge in [-0.05, 0) is 25.5 Å². The molecule has 1 aliphatic carbocycles. The molecule has 3 heterocycles. The Morgan fingerprint density at radius 3 is 2.69 bits per heavy atom. The third-order valence-corrected chi connectivity index (χ3v) is 8.80. The molecule has 2 N–H and O–H groups in total. The molecule has 1 saturated heterocycles. The maximum Gasteiger partial charge on any atom is 0.387 e. The van der Waals surface area contributed by atoms with Crippen LogP contribution in [0.4, 0.5) is 8.78 Å². The summed E-state index contributed by atoms with van der Waals surface area (Å²) in [7, 11) is -2.38. The molecule has 9 nitrogen and oxygen atoms in total. The van der Waals surface area contributed by atoms with Gasteiger partial charge in [0.05, 0.1) is 26.1 Å². The number of alkyl halides is 2. The topological polar surface area (TPSA) is 121 Å². The van der Waals surface area contributed by atoms with Gasteiger partial charge >= 0.3 is 6.61 Å². The van der Waals surface area contributed by atoms with Crippen LogP contribution in [0.1, 0.15) is 30.5 Å². The molecule has 1 atom stereocenters. The number of allylic oxidation sites excluding steroid dienone is 4. The first-order valence-corrected chi connectivity index (χ1v) is 12.1. The van der Waals surface area contributed by atoms with Crippen molar-refractivity contribution in [2.45, 2.75) is 31.9 Å². The zero-order valence-corrected chi connectivity index (χ0v) is 19.2. The molecular formula is C18H18ClF2N5O4S2. The molecule has 0 unspecified atom stereocenters. The van der Waals surface area contributed by atoms with Crippen LogP contribution in [-0.2, 0) is 20.3 Å². The van der Waals surface area contributed by atoms with Crippen LogP contribution in [0.25, 0.3) is 16.3 Å². The first-order valence-electron chi connectivity index (χ1n) is 9.30. The molecule has 1 aliphatic heterocycles. The van der Waals surface area contributed by atoms with E-state index >= 15 is 0 Å². The van der Waals surface area contributed by atoms with E-state index in [4.69, 9.17) is 21.4 Å². The van der Waals surface area contributed by atoms with Crippen LogP contribution in [0.2, 0.25) is 5.02 Å². The maximum absolute atomic E-state index is 12.4. The van der Waals surface area contributed by atoms with Crippen molar-refractivity contribution in [3.63, 3.8) is 0 Å². The smallest absolute Gasteiger partial charge is 0.387 e. The Hall–Kier alpha value is -2.51. The summed E-state index contributed by atoms with van der Waals surface area (Å²) in [6.07, 6.45) is 3.70. The molecule has 2 aliphatic rings. The van der Waals surface area contributed by atoms with E-state index in [1.54, 1.807) is 19.1 Å². The fraction of sp³-hybridized carbons (Fsp3) is 0.389. The second kappa shape index (κ2) is 8.12. The van der Waals surface area contributed by atoms with Crippen LogP contribution < -0.4 is 5.32 Å². The Kier molecular flexibility index (Phi) is 5.75. The summed E-state index contributed by atoms with van der Waals surface area (Å²) >= 11 is 7.60.